The SMILES string of the molecule is CC(=O)Nc1cc(OC(N)=O)ccc1O. The van der Waals surface area contributed by atoms with E-state index >= 15 is 0 Å². The number of nitrogens with one attached hydrogen (secondary N) is 1. The molecule has 6 nitrogen and oxygen atoms in total. The number of hydrogen-bond acceptors (Lipinski definition) is 4. The number of ether oxygens (including phenoxy) is 1. The fourth-order valence-corrected chi connectivity index (χ4v) is 0.985. The number of hydrogen-bond donors (Lipinski definition) is 3. The number of carbonyl (C=O) groups excluding carboxylic acids is 2. The van der Waals surface area contributed by atoms with Crippen LogP contribution in [0.1, 0.15) is 6.92 Å². The van der Waals surface area contributed by atoms with Crippen molar-refractivity contribution in [3.05, 3.63) is 18.2 Å². The van der Waals surface area contributed by atoms with Crippen LogP contribution in [0.5, 0.6) is 11.5 Å². The van der Waals surface area contributed by atoms with Gasteiger partial charge in [-0.05, 0) is 12.1 Å². The summed E-state index contributed by atoms with van der Waals surface area (Å²) in [7, 11) is 0. The van der Waals surface area contributed by atoms with Crippen molar-refractivity contribution in [2.75, 3.05) is 5.32 Å². The molecular formula is C9H10N2O4. The Morgan fingerprint density at radius 3 is 2.67 bits per heavy atom. The first-order chi connectivity index (χ1) is 6.99. The highest BCUT2D eigenvalue weighted by Gasteiger charge is 2.06. The molecule has 0 bridgehead atoms. The standard InChI is InChI=1S/C9H10N2O4/c1-5(12)11-7-4-6(15-9(10)14)2-3-8(7)13/h2-4,13H,1H3,(H2,10,14)(H,11,12). The number of rotatable bonds is 2. The van der Waals surface area contributed by atoms with E-state index in [4.69, 9.17) is 5.73 Å². The summed E-state index contributed by atoms with van der Waals surface area (Å²) in [6.45, 7) is 1.29. The third-order valence-electron chi connectivity index (χ3n) is 1.50. The van der Waals surface area contributed by atoms with Crippen molar-refractivity contribution in [2.45, 2.75) is 6.92 Å². The number of aromatic hydroxyl groups is 1. The molecule has 15 heavy (non-hydrogen) atoms. The number of carbonyl (C=O) groups is 2. The quantitative estimate of drug-likeness (QED) is 0.628. The van der Waals surface area contributed by atoms with Crippen LogP contribution in [0.2, 0.25) is 0 Å². The number of phenolic OH excluding ortho intramolecular Hbond substituents is 1. The van der Waals surface area contributed by atoms with E-state index in [-0.39, 0.29) is 23.1 Å². The highest BCUT2D eigenvalue weighted by molar-refractivity contribution is 5.90. The maximum atomic E-state index is 10.7. The van der Waals surface area contributed by atoms with Gasteiger partial charge >= 0.3 is 6.09 Å². The molecule has 0 aromatic heterocycles. The minimum absolute atomic E-state index is 0.123. The lowest BCUT2D eigenvalue weighted by molar-refractivity contribution is -0.114. The van der Waals surface area contributed by atoms with Gasteiger partial charge in [-0.3, -0.25) is 4.79 Å². The molecule has 1 aromatic rings. The van der Waals surface area contributed by atoms with Crippen LogP contribution in [-0.2, 0) is 4.79 Å². The van der Waals surface area contributed by atoms with E-state index in [0.717, 1.165) is 0 Å². The van der Waals surface area contributed by atoms with E-state index in [9.17, 15) is 14.7 Å². The van der Waals surface area contributed by atoms with Gasteiger partial charge in [0.1, 0.15) is 11.5 Å². The Morgan fingerprint density at radius 1 is 1.47 bits per heavy atom. The smallest absolute Gasteiger partial charge is 0.409 e. The highest BCUT2D eigenvalue weighted by Crippen LogP contribution is 2.27. The van der Waals surface area contributed by atoms with Gasteiger partial charge < -0.3 is 20.9 Å². The molecule has 0 saturated carbocycles. The third kappa shape index (κ3) is 3.18. The maximum Gasteiger partial charge on any atom is 0.409 e. The summed E-state index contributed by atoms with van der Waals surface area (Å²) in [5.74, 6) is -0.326. The van der Waals surface area contributed by atoms with Crippen molar-refractivity contribution < 1.29 is 19.4 Å². The summed E-state index contributed by atoms with van der Waals surface area (Å²) in [6.07, 6.45) is -0.963. The Morgan fingerprint density at radius 2 is 2.13 bits per heavy atom. The average Bonchev–Trinajstić information content (AvgIpc) is 2.09. The molecule has 0 heterocycles. The monoisotopic (exact) mass is 210 g/mol. The predicted octanol–water partition coefficient (Wildman–Crippen LogP) is 0.808. The zero-order valence-corrected chi connectivity index (χ0v) is 7.98. The van der Waals surface area contributed by atoms with Gasteiger partial charge in [0.15, 0.2) is 0 Å². The molecule has 2 amide bonds. The third-order valence-corrected chi connectivity index (χ3v) is 1.50. The normalized spacial score (nSPS) is 9.40. The number of primary amides is 1. The van der Waals surface area contributed by atoms with Crippen molar-refractivity contribution in [1.82, 2.24) is 0 Å². The first-order valence-corrected chi connectivity index (χ1v) is 4.07. The second-order valence-corrected chi connectivity index (χ2v) is 2.78. The lowest BCUT2D eigenvalue weighted by atomic mass is 10.2. The van der Waals surface area contributed by atoms with Crippen LogP contribution in [0.15, 0.2) is 18.2 Å². The summed E-state index contributed by atoms with van der Waals surface area (Å²) in [6, 6.07) is 3.93. The van der Waals surface area contributed by atoms with Crippen LogP contribution in [-0.4, -0.2) is 17.1 Å². The summed E-state index contributed by atoms with van der Waals surface area (Å²) in [4.78, 5) is 21.2. The van der Waals surface area contributed by atoms with Crippen LogP contribution in [0.4, 0.5) is 10.5 Å². The van der Waals surface area contributed by atoms with E-state index in [1.54, 1.807) is 0 Å². The molecule has 1 rings (SSSR count). The number of nitrogens with two attached hydrogens (primary N) is 1. The van der Waals surface area contributed by atoms with E-state index in [1.807, 2.05) is 0 Å². The van der Waals surface area contributed by atoms with Gasteiger partial charge in [-0.1, -0.05) is 0 Å². The highest BCUT2D eigenvalue weighted by atomic mass is 16.5. The van der Waals surface area contributed by atoms with Crippen LogP contribution in [0.3, 0.4) is 0 Å². The minimum Gasteiger partial charge on any atom is -0.506 e. The van der Waals surface area contributed by atoms with Crippen molar-refractivity contribution in [3.8, 4) is 11.5 Å². The van der Waals surface area contributed by atoms with Gasteiger partial charge in [0.05, 0.1) is 5.69 Å². The van der Waals surface area contributed by atoms with E-state index < -0.39 is 6.09 Å². The summed E-state index contributed by atoms with van der Waals surface area (Å²) in [5.41, 5.74) is 4.96. The van der Waals surface area contributed by atoms with E-state index in [0.29, 0.717) is 0 Å². The molecule has 0 atom stereocenters. The lowest BCUT2D eigenvalue weighted by Gasteiger charge is -2.07. The predicted molar refractivity (Wildman–Crippen MR) is 52.6 cm³/mol. The zero-order valence-electron chi connectivity index (χ0n) is 7.98. The Hall–Kier alpha value is -2.24. The number of amides is 2. The molecule has 1 aromatic carbocycles. The van der Waals surface area contributed by atoms with Crippen molar-refractivity contribution in [1.29, 1.82) is 0 Å². The molecule has 4 N–H and O–H groups in total. The van der Waals surface area contributed by atoms with E-state index in [1.165, 1.54) is 25.1 Å². The van der Waals surface area contributed by atoms with Crippen LogP contribution in [0, 0.1) is 0 Å². The largest absolute Gasteiger partial charge is 0.506 e. The molecule has 0 saturated heterocycles. The van der Waals surface area contributed by atoms with Crippen molar-refractivity contribution in [2.24, 2.45) is 5.73 Å². The summed E-state index contributed by atoms with van der Waals surface area (Å²) < 4.78 is 4.57. The zero-order chi connectivity index (χ0) is 11.4. The molecule has 0 aliphatic rings. The fourth-order valence-electron chi connectivity index (χ4n) is 0.985. The van der Waals surface area contributed by atoms with Crippen LogP contribution < -0.4 is 15.8 Å². The molecule has 0 aliphatic heterocycles. The van der Waals surface area contributed by atoms with Gasteiger partial charge in [-0.25, -0.2) is 4.79 Å². The summed E-state index contributed by atoms with van der Waals surface area (Å²) in [5, 5.41) is 11.7. The second-order valence-electron chi connectivity index (χ2n) is 2.78. The molecule has 0 aliphatic carbocycles. The molecule has 0 spiro atoms. The van der Waals surface area contributed by atoms with Crippen molar-refractivity contribution in [3.63, 3.8) is 0 Å². The second kappa shape index (κ2) is 4.32. The Bertz CT molecular complexity index is 403. The van der Waals surface area contributed by atoms with Gasteiger partial charge in [0.25, 0.3) is 0 Å². The Balaban J connectivity index is 2.94. The molecule has 6 heteroatoms. The maximum absolute atomic E-state index is 10.7. The molecule has 0 fully saturated rings. The Kier molecular flexibility index (Phi) is 3.12. The lowest BCUT2D eigenvalue weighted by Crippen LogP contribution is -2.16. The molecular weight excluding hydrogens is 200 g/mol. The van der Waals surface area contributed by atoms with Gasteiger partial charge in [0, 0.05) is 13.0 Å². The van der Waals surface area contributed by atoms with Crippen LogP contribution >= 0.6 is 0 Å². The van der Waals surface area contributed by atoms with Gasteiger partial charge in [-0.2, -0.15) is 0 Å². The number of phenols is 1. The first kappa shape index (κ1) is 10.8. The molecule has 80 valence electrons. The molecule has 0 unspecified atom stereocenters. The van der Waals surface area contributed by atoms with E-state index in [2.05, 4.69) is 10.1 Å². The number of anilines is 1. The van der Waals surface area contributed by atoms with Gasteiger partial charge in [0.2, 0.25) is 5.91 Å². The average molecular weight is 210 g/mol. The minimum atomic E-state index is -0.963. The van der Waals surface area contributed by atoms with Crippen LogP contribution in [0.25, 0.3) is 0 Å². The number of benzene rings is 1. The summed E-state index contributed by atoms with van der Waals surface area (Å²) >= 11 is 0. The van der Waals surface area contributed by atoms with Crippen molar-refractivity contribution >= 4 is 17.7 Å². The van der Waals surface area contributed by atoms with Gasteiger partial charge in [-0.15, -0.1) is 0 Å². The topological polar surface area (TPSA) is 102 Å². The first-order valence-electron chi connectivity index (χ1n) is 4.07. The molecule has 0 radical (unpaired) electrons. The Labute approximate surface area is 85.6 Å². The fraction of sp³-hybridized carbons (Fsp3) is 0.111.